The zero-order valence-electron chi connectivity index (χ0n) is 16.7. The molecular formula is C20H28N6O2. The van der Waals surface area contributed by atoms with Gasteiger partial charge in [-0.25, -0.2) is 4.98 Å². The fraction of sp³-hybridized carbons (Fsp3) is 0.600. The fourth-order valence-electron chi connectivity index (χ4n) is 3.99. The van der Waals surface area contributed by atoms with Gasteiger partial charge in [0.1, 0.15) is 17.3 Å². The highest BCUT2D eigenvalue weighted by Crippen LogP contribution is 2.27. The van der Waals surface area contributed by atoms with Crippen LogP contribution in [0, 0.1) is 6.92 Å². The van der Waals surface area contributed by atoms with Crippen LogP contribution in [0.25, 0.3) is 0 Å². The van der Waals surface area contributed by atoms with Gasteiger partial charge in [0.2, 0.25) is 0 Å². The standard InChI is InChI=1S/C20H28N6O2/c1-15-4-3-5-17(21-15)20(27)26-8-6-16(7-9-26)19-23-22-18(24(19)2)14-25-10-12-28-13-11-25/h3-5,16H,6-14H2,1-2H3. The summed E-state index contributed by atoms with van der Waals surface area (Å²) in [4.78, 5) is 21.3. The van der Waals surface area contributed by atoms with Crippen molar-refractivity contribution in [3.8, 4) is 0 Å². The highest BCUT2D eigenvalue weighted by molar-refractivity contribution is 5.92. The summed E-state index contributed by atoms with van der Waals surface area (Å²) < 4.78 is 7.55. The van der Waals surface area contributed by atoms with Crippen LogP contribution in [0.2, 0.25) is 0 Å². The maximum absolute atomic E-state index is 12.7. The van der Waals surface area contributed by atoms with Gasteiger partial charge < -0.3 is 14.2 Å². The van der Waals surface area contributed by atoms with E-state index in [0.717, 1.165) is 76.1 Å². The van der Waals surface area contributed by atoms with Crippen LogP contribution in [0.15, 0.2) is 18.2 Å². The van der Waals surface area contributed by atoms with Crippen molar-refractivity contribution in [2.75, 3.05) is 39.4 Å². The van der Waals surface area contributed by atoms with Gasteiger partial charge in [-0.3, -0.25) is 9.69 Å². The summed E-state index contributed by atoms with van der Waals surface area (Å²) in [5.74, 6) is 2.39. The third-order valence-corrected chi connectivity index (χ3v) is 5.72. The van der Waals surface area contributed by atoms with Crippen LogP contribution in [-0.2, 0) is 18.3 Å². The van der Waals surface area contributed by atoms with Gasteiger partial charge in [-0.05, 0) is 31.9 Å². The minimum atomic E-state index is 0.0214. The van der Waals surface area contributed by atoms with E-state index in [1.165, 1.54) is 0 Å². The van der Waals surface area contributed by atoms with Crippen LogP contribution >= 0.6 is 0 Å². The summed E-state index contributed by atoms with van der Waals surface area (Å²) in [5, 5.41) is 8.92. The van der Waals surface area contributed by atoms with E-state index < -0.39 is 0 Å². The van der Waals surface area contributed by atoms with E-state index in [2.05, 4.69) is 31.7 Å². The van der Waals surface area contributed by atoms with Crippen molar-refractivity contribution in [2.24, 2.45) is 7.05 Å². The molecule has 28 heavy (non-hydrogen) atoms. The van der Waals surface area contributed by atoms with Gasteiger partial charge in [0.05, 0.1) is 19.8 Å². The lowest BCUT2D eigenvalue weighted by molar-refractivity contribution is 0.0326. The van der Waals surface area contributed by atoms with Gasteiger partial charge in [-0.15, -0.1) is 10.2 Å². The van der Waals surface area contributed by atoms with Crippen molar-refractivity contribution < 1.29 is 9.53 Å². The van der Waals surface area contributed by atoms with Crippen molar-refractivity contribution in [1.82, 2.24) is 29.5 Å². The van der Waals surface area contributed by atoms with Crippen molar-refractivity contribution in [3.63, 3.8) is 0 Å². The number of nitrogens with zero attached hydrogens (tertiary/aromatic N) is 6. The molecule has 1 amide bonds. The highest BCUT2D eigenvalue weighted by Gasteiger charge is 2.28. The van der Waals surface area contributed by atoms with Crippen LogP contribution in [0.5, 0.6) is 0 Å². The molecule has 2 fully saturated rings. The molecule has 0 N–H and O–H groups in total. The van der Waals surface area contributed by atoms with E-state index in [4.69, 9.17) is 4.74 Å². The van der Waals surface area contributed by atoms with E-state index in [0.29, 0.717) is 11.6 Å². The first-order valence-corrected chi connectivity index (χ1v) is 10.0. The van der Waals surface area contributed by atoms with Crippen molar-refractivity contribution in [1.29, 1.82) is 0 Å². The largest absolute Gasteiger partial charge is 0.379 e. The molecule has 8 nitrogen and oxygen atoms in total. The molecule has 0 aromatic carbocycles. The zero-order chi connectivity index (χ0) is 19.5. The lowest BCUT2D eigenvalue weighted by atomic mass is 9.95. The Morgan fingerprint density at radius 3 is 2.61 bits per heavy atom. The monoisotopic (exact) mass is 384 g/mol. The van der Waals surface area contributed by atoms with Crippen LogP contribution < -0.4 is 0 Å². The molecule has 2 saturated heterocycles. The molecule has 4 rings (SSSR count). The molecule has 0 bridgehead atoms. The summed E-state index contributed by atoms with van der Waals surface area (Å²) in [6.07, 6.45) is 1.81. The summed E-state index contributed by atoms with van der Waals surface area (Å²) in [5.41, 5.74) is 1.40. The predicted molar refractivity (Wildman–Crippen MR) is 104 cm³/mol. The average molecular weight is 384 g/mol. The second kappa shape index (κ2) is 8.36. The Kier molecular flexibility index (Phi) is 5.68. The van der Waals surface area contributed by atoms with Crippen LogP contribution in [-0.4, -0.2) is 74.8 Å². The maximum Gasteiger partial charge on any atom is 0.272 e. The third kappa shape index (κ3) is 4.07. The lowest BCUT2D eigenvalue weighted by Gasteiger charge is -2.31. The maximum atomic E-state index is 12.7. The SMILES string of the molecule is Cc1cccc(C(=O)N2CCC(c3nnc(CN4CCOCC4)n3C)CC2)n1. The summed E-state index contributed by atoms with van der Waals surface area (Å²) >= 11 is 0. The first-order chi connectivity index (χ1) is 13.6. The van der Waals surface area contributed by atoms with Gasteiger partial charge in [0.25, 0.3) is 5.91 Å². The predicted octanol–water partition coefficient (Wildman–Crippen LogP) is 1.37. The molecule has 2 aromatic heterocycles. The summed E-state index contributed by atoms with van der Waals surface area (Å²) in [6, 6.07) is 5.59. The van der Waals surface area contributed by atoms with E-state index in [1.807, 2.05) is 24.0 Å². The lowest BCUT2D eigenvalue weighted by Crippen LogP contribution is -2.39. The van der Waals surface area contributed by atoms with Crippen molar-refractivity contribution in [2.45, 2.75) is 32.2 Å². The molecule has 2 aliphatic heterocycles. The first-order valence-electron chi connectivity index (χ1n) is 10.0. The second-order valence-corrected chi connectivity index (χ2v) is 7.65. The Morgan fingerprint density at radius 1 is 1.14 bits per heavy atom. The number of aryl methyl sites for hydroxylation is 1. The number of pyridine rings is 1. The van der Waals surface area contributed by atoms with E-state index in [1.54, 1.807) is 6.07 Å². The number of likely N-dealkylation sites (tertiary alicyclic amines) is 1. The summed E-state index contributed by atoms with van der Waals surface area (Å²) in [7, 11) is 2.05. The zero-order valence-corrected chi connectivity index (χ0v) is 16.7. The second-order valence-electron chi connectivity index (χ2n) is 7.65. The normalized spacial score (nSPS) is 19.1. The van der Waals surface area contributed by atoms with Crippen molar-refractivity contribution in [3.05, 3.63) is 41.2 Å². The van der Waals surface area contributed by atoms with Crippen LogP contribution in [0.1, 0.15) is 46.6 Å². The smallest absolute Gasteiger partial charge is 0.272 e. The number of piperidine rings is 1. The molecule has 0 radical (unpaired) electrons. The number of morpholine rings is 1. The number of rotatable bonds is 4. The topological polar surface area (TPSA) is 76.4 Å². The summed E-state index contributed by atoms with van der Waals surface area (Å²) in [6.45, 7) is 7.62. The van der Waals surface area contributed by atoms with Crippen LogP contribution in [0.4, 0.5) is 0 Å². The number of carbonyl (C=O) groups is 1. The van der Waals surface area contributed by atoms with Crippen LogP contribution in [0.3, 0.4) is 0 Å². The number of carbonyl (C=O) groups excluding carboxylic acids is 1. The highest BCUT2D eigenvalue weighted by atomic mass is 16.5. The molecule has 0 aliphatic carbocycles. The Hall–Kier alpha value is -2.32. The number of ether oxygens (including phenoxy) is 1. The molecule has 0 unspecified atom stereocenters. The van der Waals surface area contributed by atoms with Gasteiger partial charge in [-0.2, -0.15) is 0 Å². The van der Waals surface area contributed by atoms with Gasteiger partial charge in [0, 0.05) is 44.8 Å². The Morgan fingerprint density at radius 2 is 1.89 bits per heavy atom. The van der Waals surface area contributed by atoms with E-state index in [9.17, 15) is 4.79 Å². The Bertz CT molecular complexity index is 822. The average Bonchev–Trinajstić information content (AvgIpc) is 3.08. The molecule has 2 aromatic rings. The van der Waals surface area contributed by atoms with Gasteiger partial charge >= 0.3 is 0 Å². The molecule has 8 heteroatoms. The number of hydrogen-bond donors (Lipinski definition) is 0. The quantitative estimate of drug-likeness (QED) is 0.793. The number of aromatic nitrogens is 4. The number of hydrogen-bond acceptors (Lipinski definition) is 6. The molecule has 4 heterocycles. The minimum absolute atomic E-state index is 0.0214. The molecule has 2 aliphatic rings. The Balaban J connectivity index is 1.36. The molecule has 150 valence electrons. The minimum Gasteiger partial charge on any atom is -0.379 e. The third-order valence-electron chi connectivity index (χ3n) is 5.72. The van der Waals surface area contributed by atoms with Gasteiger partial charge in [0.15, 0.2) is 0 Å². The molecule has 0 saturated carbocycles. The molecular weight excluding hydrogens is 356 g/mol. The molecule has 0 atom stereocenters. The van der Waals surface area contributed by atoms with Gasteiger partial charge in [-0.1, -0.05) is 6.07 Å². The first kappa shape index (κ1) is 19.0. The van der Waals surface area contributed by atoms with Crippen molar-refractivity contribution >= 4 is 5.91 Å². The van der Waals surface area contributed by atoms with E-state index >= 15 is 0 Å². The van der Waals surface area contributed by atoms with E-state index in [-0.39, 0.29) is 5.91 Å². The Labute approximate surface area is 165 Å². The fourth-order valence-corrected chi connectivity index (χ4v) is 3.99. The number of amides is 1. The molecule has 0 spiro atoms.